The van der Waals surface area contributed by atoms with Crippen LogP contribution < -0.4 is 5.32 Å². The molecule has 0 bridgehead atoms. The summed E-state index contributed by atoms with van der Waals surface area (Å²) in [7, 11) is 0. The number of carbonyl (C=O) groups is 2. The summed E-state index contributed by atoms with van der Waals surface area (Å²) in [6.07, 6.45) is -8.98. The summed E-state index contributed by atoms with van der Waals surface area (Å²) in [6, 6.07) is 12.4. The molecule has 0 saturated carbocycles. The van der Waals surface area contributed by atoms with E-state index in [0.717, 1.165) is 23.9 Å². The standard InChI is InChI=1S/C24H15Cl2F6NO2S/c25-14-7-13(8-15(26)9-14)19(24(30,31)32)10-20(34)17-5-6-21(18-4-2-1-3-16(17)18)36-11-22(35)33-12-23(27,28)29/h1-10H,11-12H2,(H,33,35). The first-order valence-electron chi connectivity index (χ1n) is 10.0. The van der Waals surface area contributed by atoms with Crippen LogP contribution in [0.1, 0.15) is 15.9 Å². The van der Waals surface area contributed by atoms with Gasteiger partial charge in [-0.25, -0.2) is 0 Å². The van der Waals surface area contributed by atoms with Crippen molar-refractivity contribution < 1.29 is 35.9 Å². The molecule has 0 radical (unpaired) electrons. The maximum atomic E-state index is 13.8. The maximum Gasteiger partial charge on any atom is 0.417 e. The Morgan fingerprint density at radius 2 is 1.50 bits per heavy atom. The first-order valence-corrected chi connectivity index (χ1v) is 11.8. The molecule has 36 heavy (non-hydrogen) atoms. The van der Waals surface area contributed by atoms with Gasteiger partial charge in [0.1, 0.15) is 6.54 Å². The molecular formula is C24H15Cl2F6NO2S. The van der Waals surface area contributed by atoms with Gasteiger partial charge in [-0.1, -0.05) is 47.5 Å². The van der Waals surface area contributed by atoms with Crippen molar-refractivity contribution in [2.75, 3.05) is 12.3 Å². The van der Waals surface area contributed by atoms with Crippen molar-refractivity contribution in [3.8, 4) is 0 Å². The van der Waals surface area contributed by atoms with Crippen molar-refractivity contribution in [1.29, 1.82) is 0 Å². The van der Waals surface area contributed by atoms with Gasteiger partial charge >= 0.3 is 12.4 Å². The Morgan fingerprint density at radius 1 is 0.889 bits per heavy atom. The largest absolute Gasteiger partial charge is 0.417 e. The minimum absolute atomic E-state index is 0.0358. The first-order chi connectivity index (χ1) is 16.7. The molecule has 0 unspecified atom stereocenters. The highest BCUT2D eigenvalue weighted by atomic mass is 35.5. The molecule has 3 aromatic carbocycles. The molecular weight excluding hydrogens is 551 g/mol. The van der Waals surface area contributed by atoms with Gasteiger partial charge in [0.25, 0.3) is 0 Å². The van der Waals surface area contributed by atoms with Gasteiger partial charge in [-0.3, -0.25) is 9.59 Å². The van der Waals surface area contributed by atoms with Crippen molar-refractivity contribution in [3.63, 3.8) is 0 Å². The van der Waals surface area contributed by atoms with E-state index in [1.54, 1.807) is 23.5 Å². The summed E-state index contributed by atoms with van der Waals surface area (Å²) < 4.78 is 78.3. The Labute approximate surface area is 215 Å². The lowest BCUT2D eigenvalue weighted by atomic mass is 9.97. The number of hydrogen-bond donors (Lipinski definition) is 1. The number of fused-ring (bicyclic) bond motifs is 1. The van der Waals surface area contributed by atoms with Crippen molar-refractivity contribution in [2.45, 2.75) is 17.2 Å². The molecule has 0 aliphatic carbocycles. The zero-order valence-electron chi connectivity index (χ0n) is 17.9. The van der Waals surface area contributed by atoms with Crippen LogP contribution >= 0.6 is 35.0 Å². The lowest BCUT2D eigenvalue weighted by Crippen LogP contribution is -2.34. The number of hydrogen-bond acceptors (Lipinski definition) is 3. The predicted octanol–water partition coefficient (Wildman–Crippen LogP) is 7.75. The fourth-order valence-corrected chi connectivity index (χ4v) is 4.66. The van der Waals surface area contributed by atoms with E-state index in [1.807, 2.05) is 0 Å². The van der Waals surface area contributed by atoms with Gasteiger partial charge in [0.05, 0.1) is 11.3 Å². The van der Waals surface area contributed by atoms with E-state index in [1.165, 1.54) is 24.3 Å². The molecule has 0 atom stereocenters. The van der Waals surface area contributed by atoms with Gasteiger partial charge in [0.15, 0.2) is 5.78 Å². The van der Waals surface area contributed by atoms with Crippen molar-refractivity contribution in [1.82, 2.24) is 5.32 Å². The van der Waals surface area contributed by atoms with E-state index < -0.39 is 36.2 Å². The number of allylic oxidation sites excluding steroid dienone is 2. The molecule has 0 aliphatic heterocycles. The Morgan fingerprint density at radius 3 is 2.08 bits per heavy atom. The summed E-state index contributed by atoms with van der Waals surface area (Å²) >= 11 is 12.6. The molecule has 0 fully saturated rings. The van der Waals surface area contributed by atoms with Crippen molar-refractivity contribution >= 4 is 63.0 Å². The summed E-state index contributed by atoms with van der Waals surface area (Å²) in [4.78, 5) is 25.2. The molecule has 3 rings (SSSR count). The highest BCUT2D eigenvalue weighted by Gasteiger charge is 2.36. The normalized spacial score (nSPS) is 12.6. The first kappa shape index (κ1) is 27.9. The van der Waals surface area contributed by atoms with E-state index >= 15 is 0 Å². The number of alkyl halides is 6. The van der Waals surface area contributed by atoms with Gasteiger partial charge in [-0.05, 0) is 52.7 Å². The Bertz CT molecular complexity index is 1320. The fourth-order valence-electron chi connectivity index (χ4n) is 3.25. The van der Waals surface area contributed by atoms with Crippen LogP contribution in [0.15, 0.2) is 65.6 Å². The summed E-state index contributed by atoms with van der Waals surface area (Å²) in [5.74, 6) is -2.12. The number of carbonyl (C=O) groups excluding carboxylic acids is 2. The second-order valence-corrected chi connectivity index (χ2v) is 9.31. The van der Waals surface area contributed by atoms with Crippen LogP contribution in [0.2, 0.25) is 10.0 Å². The van der Waals surface area contributed by atoms with Crippen LogP contribution in [0.4, 0.5) is 26.3 Å². The lowest BCUT2D eigenvalue weighted by Gasteiger charge is -2.14. The van der Waals surface area contributed by atoms with Crippen LogP contribution in [0.5, 0.6) is 0 Å². The quantitative estimate of drug-likeness (QED) is 0.138. The molecule has 1 amide bonds. The van der Waals surface area contributed by atoms with Gasteiger partial charge in [0.2, 0.25) is 5.91 Å². The molecule has 0 aliphatic rings. The molecule has 0 spiro atoms. The van der Waals surface area contributed by atoms with Gasteiger partial charge in [0, 0.05) is 20.5 Å². The van der Waals surface area contributed by atoms with E-state index in [0.29, 0.717) is 21.7 Å². The topological polar surface area (TPSA) is 46.2 Å². The lowest BCUT2D eigenvalue weighted by molar-refractivity contribution is -0.136. The van der Waals surface area contributed by atoms with Crippen LogP contribution in [0.25, 0.3) is 16.3 Å². The van der Waals surface area contributed by atoms with Crippen LogP contribution in [-0.4, -0.2) is 36.3 Å². The number of halogens is 8. The van der Waals surface area contributed by atoms with Crippen LogP contribution in [0, 0.1) is 0 Å². The number of benzene rings is 3. The SMILES string of the molecule is O=C(CSc1ccc(C(=O)C=C(c2cc(Cl)cc(Cl)c2)C(F)(F)F)c2ccccc12)NCC(F)(F)F. The van der Waals surface area contributed by atoms with Gasteiger partial charge in [-0.2, -0.15) is 26.3 Å². The fraction of sp³-hybridized carbons (Fsp3) is 0.167. The van der Waals surface area contributed by atoms with Gasteiger partial charge < -0.3 is 5.32 Å². The Balaban J connectivity index is 1.94. The number of amides is 1. The van der Waals surface area contributed by atoms with Crippen molar-refractivity contribution in [3.05, 3.63) is 81.8 Å². The Kier molecular flexibility index (Phi) is 8.63. The van der Waals surface area contributed by atoms with E-state index in [2.05, 4.69) is 0 Å². The highest BCUT2D eigenvalue weighted by molar-refractivity contribution is 8.00. The van der Waals surface area contributed by atoms with Gasteiger partial charge in [-0.15, -0.1) is 11.8 Å². The molecule has 0 heterocycles. The second kappa shape index (κ2) is 11.1. The van der Waals surface area contributed by atoms with E-state index in [4.69, 9.17) is 23.2 Å². The molecule has 0 aromatic heterocycles. The van der Waals surface area contributed by atoms with Crippen molar-refractivity contribution in [2.24, 2.45) is 0 Å². The average Bonchev–Trinajstić information content (AvgIpc) is 2.77. The smallest absolute Gasteiger partial charge is 0.346 e. The van der Waals surface area contributed by atoms with Crippen LogP contribution in [-0.2, 0) is 4.79 Å². The second-order valence-electron chi connectivity index (χ2n) is 7.42. The monoisotopic (exact) mass is 565 g/mol. The number of thioether (sulfide) groups is 1. The zero-order chi connectivity index (χ0) is 26.7. The predicted molar refractivity (Wildman–Crippen MR) is 129 cm³/mol. The van der Waals surface area contributed by atoms with E-state index in [9.17, 15) is 35.9 Å². The molecule has 3 aromatic rings. The highest BCUT2D eigenvalue weighted by Crippen LogP contribution is 2.37. The number of nitrogens with one attached hydrogen (secondary N) is 1. The summed E-state index contributed by atoms with van der Waals surface area (Å²) in [5.41, 5.74) is -1.65. The number of rotatable bonds is 7. The van der Waals surface area contributed by atoms with Crippen LogP contribution in [0.3, 0.4) is 0 Å². The third kappa shape index (κ3) is 7.41. The molecule has 0 saturated heterocycles. The molecule has 190 valence electrons. The third-order valence-electron chi connectivity index (χ3n) is 4.75. The zero-order valence-corrected chi connectivity index (χ0v) is 20.3. The van der Waals surface area contributed by atoms with E-state index in [-0.39, 0.29) is 26.9 Å². The maximum absolute atomic E-state index is 13.8. The minimum atomic E-state index is -4.89. The molecule has 1 N–H and O–H groups in total. The Hall–Kier alpha value is -2.69. The average molecular weight is 566 g/mol. The summed E-state index contributed by atoms with van der Waals surface area (Å²) in [5, 5.41) is 2.44. The third-order valence-corrected chi connectivity index (χ3v) is 6.26. The molecule has 3 nitrogen and oxygen atoms in total. The summed E-state index contributed by atoms with van der Waals surface area (Å²) in [6.45, 7) is -1.47. The number of ketones is 1. The molecule has 12 heteroatoms. The minimum Gasteiger partial charge on any atom is -0.346 e.